The van der Waals surface area contributed by atoms with Gasteiger partial charge in [-0.2, -0.15) is 18.4 Å². The van der Waals surface area contributed by atoms with E-state index < -0.39 is 12.6 Å². The number of likely N-dealkylation sites (tertiary alicyclic amines) is 1. The van der Waals surface area contributed by atoms with E-state index in [1.165, 1.54) is 11.9 Å². The molecule has 0 atom stereocenters. The van der Waals surface area contributed by atoms with Gasteiger partial charge >= 0.3 is 6.18 Å². The molecule has 0 saturated carbocycles. The van der Waals surface area contributed by atoms with Gasteiger partial charge < -0.3 is 14.6 Å². The van der Waals surface area contributed by atoms with Crippen molar-refractivity contribution in [3.05, 3.63) is 70.5 Å². The van der Waals surface area contributed by atoms with Gasteiger partial charge in [0.25, 0.3) is 0 Å². The number of nitrogens with one attached hydrogen (secondary N) is 1. The maximum Gasteiger partial charge on any atom is 0.393 e. The van der Waals surface area contributed by atoms with Gasteiger partial charge in [0.05, 0.1) is 24.4 Å². The molecule has 1 aliphatic heterocycles. The number of alkyl halides is 3. The summed E-state index contributed by atoms with van der Waals surface area (Å²) in [5.74, 6) is 1.39. The zero-order valence-electron chi connectivity index (χ0n) is 22.5. The number of anilines is 1. The molecule has 1 N–H and O–H groups in total. The Kier molecular flexibility index (Phi) is 7.45. The van der Waals surface area contributed by atoms with Crippen LogP contribution in [0.15, 0.2) is 54.4 Å². The number of rotatable bonds is 8. The molecular formula is C30H29F3N6OS. The van der Waals surface area contributed by atoms with Crippen LogP contribution in [0.1, 0.15) is 35.4 Å². The summed E-state index contributed by atoms with van der Waals surface area (Å²) in [6, 6.07) is 10.2. The fraction of sp³-hybridized carbons (Fsp3) is 0.367. The summed E-state index contributed by atoms with van der Waals surface area (Å²) in [6.07, 6.45) is 5.26. The topological polar surface area (TPSA) is 79.0 Å². The Morgan fingerprint density at radius 2 is 1.98 bits per heavy atom. The van der Waals surface area contributed by atoms with Crippen LogP contribution in [0, 0.1) is 11.3 Å². The van der Waals surface area contributed by atoms with Crippen molar-refractivity contribution in [1.29, 1.82) is 5.26 Å². The van der Waals surface area contributed by atoms with Crippen molar-refractivity contribution < 1.29 is 17.9 Å². The Bertz CT molecular complexity index is 1690. The Morgan fingerprint density at radius 1 is 1.15 bits per heavy atom. The summed E-state index contributed by atoms with van der Waals surface area (Å²) >= 11 is 1.06. The first-order valence-electron chi connectivity index (χ1n) is 13.5. The maximum absolute atomic E-state index is 12.9. The predicted octanol–water partition coefficient (Wildman–Crippen LogP) is 6.59. The zero-order chi connectivity index (χ0) is 28.6. The standard InChI is InChI=1S/C30H29F3N6OS/c1-40-27-13-26-20(11-23(15-34)39(26)16-19-4-2-3-5-19)10-21(27)17-38-8-6-22(7-9-38)37-28-25-12-24(14-30(31,32)33)41-29(25)36-18-35-28/h2,4-5,10-13,18,22H,3,6-9,14,16-17H2,1H3,(H,35,36,37). The smallest absolute Gasteiger partial charge is 0.393 e. The number of fused-ring (bicyclic) bond motifs is 2. The molecule has 0 bridgehead atoms. The number of halogens is 3. The van der Waals surface area contributed by atoms with Crippen LogP contribution in [0.5, 0.6) is 5.75 Å². The molecule has 4 heterocycles. The number of hydrogen-bond acceptors (Lipinski definition) is 7. The van der Waals surface area contributed by atoms with Crippen molar-refractivity contribution in [2.45, 2.75) is 51.0 Å². The molecule has 11 heteroatoms. The first kappa shape index (κ1) is 27.3. The van der Waals surface area contributed by atoms with Crippen molar-refractivity contribution in [2.24, 2.45) is 0 Å². The Balaban J connectivity index is 1.13. The second kappa shape index (κ2) is 11.2. The van der Waals surface area contributed by atoms with Crippen LogP contribution >= 0.6 is 11.3 Å². The molecule has 7 nitrogen and oxygen atoms in total. The van der Waals surface area contributed by atoms with E-state index in [0.717, 1.165) is 72.4 Å². The van der Waals surface area contributed by atoms with Crippen LogP contribution in [0.2, 0.25) is 0 Å². The van der Waals surface area contributed by atoms with Crippen LogP contribution < -0.4 is 10.1 Å². The van der Waals surface area contributed by atoms with E-state index >= 15 is 0 Å². The van der Waals surface area contributed by atoms with Crippen LogP contribution in [-0.2, 0) is 19.5 Å². The van der Waals surface area contributed by atoms with Crippen LogP contribution in [0.4, 0.5) is 19.0 Å². The van der Waals surface area contributed by atoms with Gasteiger partial charge in [0.15, 0.2) is 0 Å². The maximum atomic E-state index is 12.9. The monoisotopic (exact) mass is 578 g/mol. The summed E-state index contributed by atoms with van der Waals surface area (Å²) in [6.45, 7) is 3.07. The van der Waals surface area contributed by atoms with Gasteiger partial charge in [-0.15, -0.1) is 11.3 Å². The predicted molar refractivity (Wildman–Crippen MR) is 154 cm³/mol. The first-order chi connectivity index (χ1) is 19.8. The Labute approximate surface area is 239 Å². The zero-order valence-corrected chi connectivity index (χ0v) is 23.4. The molecule has 3 aromatic heterocycles. The summed E-state index contributed by atoms with van der Waals surface area (Å²) in [5, 5.41) is 14.9. The highest BCUT2D eigenvalue weighted by Crippen LogP contribution is 2.34. The lowest BCUT2D eigenvalue weighted by Crippen LogP contribution is -2.38. The number of benzene rings is 1. The average molecular weight is 579 g/mol. The third-order valence-corrected chi connectivity index (χ3v) is 8.73. The summed E-state index contributed by atoms with van der Waals surface area (Å²) in [7, 11) is 1.68. The van der Waals surface area contributed by atoms with Crippen LogP contribution in [-0.4, -0.2) is 51.9 Å². The van der Waals surface area contributed by atoms with E-state index in [4.69, 9.17) is 4.74 Å². The number of aromatic nitrogens is 3. The lowest BCUT2D eigenvalue weighted by atomic mass is 10.0. The lowest BCUT2D eigenvalue weighted by Gasteiger charge is -2.33. The highest BCUT2D eigenvalue weighted by atomic mass is 32.1. The van der Waals surface area contributed by atoms with Crippen molar-refractivity contribution in [3.63, 3.8) is 0 Å². The quantitative estimate of drug-likeness (QED) is 0.254. The normalized spacial score (nSPS) is 16.4. The van der Waals surface area contributed by atoms with E-state index in [2.05, 4.69) is 50.5 Å². The van der Waals surface area contributed by atoms with Gasteiger partial charge in [-0.05, 0) is 43.0 Å². The van der Waals surface area contributed by atoms with E-state index in [9.17, 15) is 18.4 Å². The second-order valence-electron chi connectivity index (χ2n) is 10.5. The number of thiophene rings is 1. The molecule has 1 saturated heterocycles. The van der Waals surface area contributed by atoms with Gasteiger partial charge in [0.2, 0.25) is 0 Å². The molecule has 1 aliphatic carbocycles. The van der Waals surface area contributed by atoms with Gasteiger partial charge in [0.1, 0.15) is 34.5 Å². The molecule has 0 spiro atoms. The molecule has 2 aliphatic rings. The number of hydrogen-bond donors (Lipinski definition) is 1. The third-order valence-electron chi connectivity index (χ3n) is 7.68. The molecule has 0 radical (unpaired) electrons. The number of allylic oxidation sites excluding steroid dienone is 4. The average Bonchev–Trinajstić information content (AvgIpc) is 3.68. The largest absolute Gasteiger partial charge is 0.496 e. The fourth-order valence-corrected chi connectivity index (χ4v) is 6.72. The summed E-state index contributed by atoms with van der Waals surface area (Å²) in [5.41, 5.74) is 3.87. The number of nitrogens with zero attached hydrogens (tertiary/aromatic N) is 5. The van der Waals surface area contributed by atoms with Crippen LogP contribution in [0.3, 0.4) is 0 Å². The van der Waals surface area contributed by atoms with Gasteiger partial charge in [-0.3, -0.25) is 4.90 Å². The molecular weight excluding hydrogens is 549 g/mol. The highest BCUT2D eigenvalue weighted by Gasteiger charge is 2.29. The Hall–Kier alpha value is -3.88. The minimum atomic E-state index is -4.26. The van der Waals surface area contributed by atoms with E-state index in [-0.39, 0.29) is 10.9 Å². The number of piperidine rings is 1. The first-order valence-corrected chi connectivity index (χ1v) is 14.4. The molecule has 1 fully saturated rings. The number of methoxy groups -OCH3 is 1. The molecule has 4 aromatic rings. The molecule has 212 valence electrons. The van der Waals surface area contributed by atoms with E-state index in [0.29, 0.717) is 28.3 Å². The van der Waals surface area contributed by atoms with E-state index in [1.807, 2.05) is 16.7 Å². The third kappa shape index (κ3) is 5.94. The molecule has 1 aromatic carbocycles. The van der Waals surface area contributed by atoms with E-state index in [1.54, 1.807) is 13.2 Å². The summed E-state index contributed by atoms with van der Waals surface area (Å²) < 4.78 is 46.5. The Morgan fingerprint density at radius 3 is 2.68 bits per heavy atom. The number of ether oxygens (including phenoxy) is 1. The highest BCUT2D eigenvalue weighted by molar-refractivity contribution is 7.18. The minimum absolute atomic E-state index is 0.158. The fourth-order valence-electron chi connectivity index (χ4n) is 5.70. The van der Waals surface area contributed by atoms with Crippen molar-refractivity contribution in [3.8, 4) is 11.8 Å². The van der Waals surface area contributed by atoms with Crippen molar-refractivity contribution >= 4 is 38.3 Å². The molecule has 0 unspecified atom stereocenters. The van der Waals surface area contributed by atoms with Gasteiger partial charge in [-0.25, -0.2) is 9.97 Å². The van der Waals surface area contributed by atoms with Gasteiger partial charge in [-0.1, -0.05) is 18.2 Å². The van der Waals surface area contributed by atoms with Crippen molar-refractivity contribution in [1.82, 2.24) is 19.4 Å². The van der Waals surface area contributed by atoms with Crippen LogP contribution in [0.25, 0.3) is 21.1 Å². The lowest BCUT2D eigenvalue weighted by molar-refractivity contribution is -0.126. The summed E-state index contributed by atoms with van der Waals surface area (Å²) in [4.78, 5) is 11.7. The SMILES string of the molecule is COc1cc2c(cc1CN1CCC(Nc3ncnc4sc(CC(F)(F)F)cc34)CC1)cc(C#N)n2CC1=CCC=C1. The van der Waals surface area contributed by atoms with Gasteiger partial charge in [0, 0.05) is 54.1 Å². The molecule has 0 amide bonds. The molecule has 41 heavy (non-hydrogen) atoms. The second-order valence-corrected chi connectivity index (χ2v) is 11.6. The number of nitriles is 1. The van der Waals surface area contributed by atoms with Crippen molar-refractivity contribution in [2.75, 3.05) is 25.5 Å². The minimum Gasteiger partial charge on any atom is -0.496 e. The molecule has 6 rings (SSSR count).